The molecule has 8 rings (SSSR count). The van der Waals surface area contributed by atoms with E-state index in [1.807, 2.05) is 24.3 Å². The molecule has 242 valence electrons. The van der Waals surface area contributed by atoms with Gasteiger partial charge in [0.15, 0.2) is 0 Å². The molecule has 6 aliphatic rings. The summed E-state index contributed by atoms with van der Waals surface area (Å²) in [6.07, 6.45) is 2.16. The Morgan fingerprint density at radius 2 is 0.935 bits per heavy atom. The largest absolute Gasteiger partial charge is 0.379 e. The Kier molecular flexibility index (Phi) is 7.02. The van der Waals surface area contributed by atoms with Crippen molar-refractivity contribution in [3.63, 3.8) is 0 Å². The summed E-state index contributed by atoms with van der Waals surface area (Å²) < 4.78 is 11.8. The molecule has 6 unspecified atom stereocenters. The van der Waals surface area contributed by atoms with Crippen LogP contribution in [-0.4, -0.2) is 99.7 Å². The lowest BCUT2D eigenvalue weighted by Gasteiger charge is -2.69. The van der Waals surface area contributed by atoms with Crippen LogP contribution in [0.4, 0.5) is 11.4 Å². The highest BCUT2D eigenvalue weighted by molar-refractivity contribution is 5.63. The number of ether oxygens (including phenoxy) is 2. The third-order valence-electron chi connectivity index (χ3n) is 13.9. The molecule has 0 radical (unpaired) electrons. The van der Waals surface area contributed by atoms with Crippen molar-refractivity contribution in [1.29, 1.82) is 10.5 Å². The predicted molar refractivity (Wildman–Crippen MR) is 179 cm³/mol. The highest BCUT2D eigenvalue weighted by atomic mass is 16.5. The fraction of sp³-hybridized carbons (Fsp3) is 0.632. The number of benzene rings is 2. The number of morpholine rings is 2. The normalized spacial score (nSPS) is 36.0. The summed E-state index contributed by atoms with van der Waals surface area (Å²) in [6.45, 7) is 19.7. The summed E-state index contributed by atoms with van der Waals surface area (Å²) >= 11 is 0. The van der Waals surface area contributed by atoms with Crippen molar-refractivity contribution in [3.8, 4) is 12.1 Å². The van der Waals surface area contributed by atoms with Crippen LogP contribution in [0.2, 0.25) is 0 Å². The number of anilines is 2. The quantitative estimate of drug-likeness (QED) is 0.459. The van der Waals surface area contributed by atoms with Gasteiger partial charge in [-0.15, -0.1) is 0 Å². The van der Waals surface area contributed by atoms with Gasteiger partial charge in [0.05, 0.1) is 49.7 Å². The van der Waals surface area contributed by atoms with Gasteiger partial charge in [0.25, 0.3) is 0 Å². The minimum atomic E-state index is -0.0154. The Morgan fingerprint density at radius 1 is 0.587 bits per heavy atom. The maximum absolute atomic E-state index is 9.63. The summed E-state index contributed by atoms with van der Waals surface area (Å²) in [5.74, 6) is 0. The van der Waals surface area contributed by atoms with Crippen molar-refractivity contribution in [3.05, 3.63) is 59.7 Å². The smallest absolute Gasteiger partial charge is 0.0991 e. The third-order valence-corrected chi connectivity index (χ3v) is 13.9. The van der Waals surface area contributed by atoms with Crippen molar-refractivity contribution in [2.45, 2.75) is 64.7 Å². The lowest BCUT2D eigenvalue weighted by Crippen LogP contribution is -2.75. The van der Waals surface area contributed by atoms with Crippen LogP contribution in [0, 0.1) is 44.3 Å². The first kappa shape index (κ1) is 30.2. The Balaban J connectivity index is 1.37. The molecule has 8 heteroatoms. The molecule has 0 spiro atoms. The highest BCUT2D eigenvalue weighted by Crippen LogP contribution is 2.81. The van der Waals surface area contributed by atoms with E-state index < -0.39 is 0 Å². The first-order valence-corrected chi connectivity index (χ1v) is 17.4. The van der Waals surface area contributed by atoms with E-state index in [0.29, 0.717) is 24.2 Å². The monoisotopic (exact) mass is 620 g/mol. The zero-order valence-corrected chi connectivity index (χ0v) is 27.9. The van der Waals surface area contributed by atoms with Crippen molar-refractivity contribution in [2.75, 3.05) is 75.5 Å². The second-order valence-electron chi connectivity index (χ2n) is 15.8. The van der Waals surface area contributed by atoms with E-state index in [4.69, 9.17) is 9.47 Å². The summed E-state index contributed by atoms with van der Waals surface area (Å²) in [7, 11) is 0. The first-order chi connectivity index (χ1) is 22.2. The lowest BCUT2D eigenvalue weighted by molar-refractivity contribution is -0.198. The van der Waals surface area contributed by atoms with Gasteiger partial charge in [-0.25, -0.2) is 0 Å². The highest BCUT2D eigenvalue weighted by Gasteiger charge is 2.86. The van der Waals surface area contributed by atoms with Gasteiger partial charge in [-0.1, -0.05) is 27.7 Å². The molecule has 6 fully saturated rings. The van der Waals surface area contributed by atoms with E-state index in [-0.39, 0.29) is 21.7 Å². The minimum Gasteiger partial charge on any atom is -0.379 e. The standard InChI is InChI=1S/C38H48N6O2/c1-35(2)31-21-34-38(26-42-15-19-46-20-16-42)36(3,4)32(44(34)30-11-7-28(24-40)8-12-30)22-33(37(35,38)25-41-13-17-45-18-14-41)43(31)29-9-5-27(23-39)6-10-29/h5-12,31-34H,13-22,25-26H2,1-4H3. The molecule has 4 bridgehead atoms. The van der Waals surface area contributed by atoms with E-state index >= 15 is 0 Å². The molecule has 0 N–H and O–H groups in total. The second kappa shape index (κ2) is 10.7. The summed E-state index contributed by atoms with van der Waals surface area (Å²) in [5.41, 5.74) is 3.97. The number of fused-ring (bicyclic) bond motifs is 2. The molecule has 6 atom stereocenters. The van der Waals surface area contributed by atoms with Crippen molar-refractivity contribution >= 4 is 11.4 Å². The van der Waals surface area contributed by atoms with Crippen LogP contribution in [0.5, 0.6) is 0 Å². The maximum atomic E-state index is 9.63. The molecular weight excluding hydrogens is 572 g/mol. The zero-order chi connectivity index (χ0) is 31.9. The van der Waals surface area contributed by atoms with Gasteiger partial charge in [0.2, 0.25) is 0 Å². The fourth-order valence-electron chi connectivity index (χ4n) is 11.9. The maximum Gasteiger partial charge on any atom is 0.0991 e. The second-order valence-corrected chi connectivity index (χ2v) is 15.8. The number of nitrogens with zero attached hydrogens (tertiary/aromatic N) is 6. The molecule has 0 aromatic heterocycles. The average Bonchev–Trinajstić information content (AvgIpc) is 3.28. The molecular formula is C38H48N6O2. The van der Waals surface area contributed by atoms with Gasteiger partial charge in [-0.3, -0.25) is 9.80 Å². The Hall–Kier alpha value is -3.14. The zero-order valence-electron chi connectivity index (χ0n) is 27.9. The van der Waals surface area contributed by atoms with Gasteiger partial charge in [0, 0.05) is 85.6 Å². The van der Waals surface area contributed by atoms with Crippen molar-refractivity contribution < 1.29 is 9.47 Å². The van der Waals surface area contributed by atoms with Crippen molar-refractivity contribution in [1.82, 2.24) is 9.80 Å². The molecule has 4 saturated heterocycles. The molecule has 2 aromatic carbocycles. The summed E-state index contributed by atoms with van der Waals surface area (Å²) in [6, 6.07) is 23.0. The molecule has 4 heterocycles. The van der Waals surface area contributed by atoms with Crippen LogP contribution in [0.1, 0.15) is 51.7 Å². The lowest BCUT2D eigenvalue weighted by atomic mass is 9.35. The van der Waals surface area contributed by atoms with E-state index in [0.717, 1.165) is 89.7 Å². The third kappa shape index (κ3) is 3.85. The van der Waals surface area contributed by atoms with E-state index in [1.54, 1.807) is 0 Å². The van der Waals surface area contributed by atoms with Crippen LogP contribution < -0.4 is 9.80 Å². The number of hydrogen-bond acceptors (Lipinski definition) is 8. The number of nitriles is 2. The Morgan fingerprint density at radius 3 is 1.26 bits per heavy atom. The molecule has 2 aliphatic carbocycles. The van der Waals surface area contributed by atoms with Gasteiger partial charge in [0.1, 0.15) is 0 Å². The SMILES string of the molecule is CC1(C)C2CC3N(c4ccc(C#N)cc4)C4CC(N2c2ccc(C#N)cc2)C1(CN1CCOCC1)C3(CN1CCOCC1)C4(C)C. The van der Waals surface area contributed by atoms with Gasteiger partial charge in [-0.2, -0.15) is 10.5 Å². The molecule has 0 amide bonds. The van der Waals surface area contributed by atoms with Crippen molar-refractivity contribution in [2.24, 2.45) is 21.7 Å². The number of hydrogen-bond donors (Lipinski definition) is 0. The summed E-state index contributed by atoms with van der Waals surface area (Å²) in [4.78, 5) is 11.2. The van der Waals surface area contributed by atoms with Gasteiger partial charge >= 0.3 is 0 Å². The van der Waals surface area contributed by atoms with Gasteiger partial charge < -0.3 is 19.3 Å². The van der Waals surface area contributed by atoms with Gasteiger partial charge in [-0.05, 0) is 72.2 Å². The van der Waals surface area contributed by atoms with Crippen LogP contribution in [0.15, 0.2) is 48.5 Å². The van der Waals surface area contributed by atoms with Crippen LogP contribution >= 0.6 is 0 Å². The minimum absolute atomic E-state index is 0.0154. The average molecular weight is 621 g/mol. The van der Waals surface area contributed by atoms with Crippen LogP contribution in [0.25, 0.3) is 0 Å². The molecule has 4 aliphatic heterocycles. The molecule has 46 heavy (non-hydrogen) atoms. The van der Waals surface area contributed by atoms with Crippen LogP contribution in [0.3, 0.4) is 0 Å². The number of rotatable bonds is 6. The fourth-order valence-corrected chi connectivity index (χ4v) is 11.9. The molecule has 8 nitrogen and oxygen atoms in total. The Labute approximate surface area is 274 Å². The van der Waals surface area contributed by atoms with E-state index in [1.165, 1.54) is 11.4 Å². The first-order valence-electron chi connectivity index (χ1n) is 17.4. The van der Waals surface area contributed by atoms with E-state index in [2.05, 4.69) is 83.7 Å². The summed E-state index contributed by atoms with van der Waals surface area (Å²) in [5, 5.41) is 19.3. The van der Waals surface area contributed by atoms with E-state index in [9.17, 15) is 10.5 Å². The Bertz CT molecular complexity index is 1430. The predicted octanol–water partition coefficient (Wildman–Crippen LogP) is 4.74. The van der Waals surface area contributed by atoms with Crippen LogP contribution in [-0.2, 0) is 9.47 Å². The topological polar surface area (TPSA) is 79.0 Å². The molecule has 2 aromatic rings. The molecule has 2 saturated carbocycles.